The van der Waals surface area contributed by atoms with Crippen LogP contribution in [0.2, 0.25) is 5.02 Å². The summed E-state index contributed by atoms with van der Waals surface area (Å²) in [5, 5.41) is 6.34. The van der Waals surface area contributed by atoms with Crippen molar-refractivity contribution in [3.8, 4) is 0 Å². The fourth-order valence-corrected chi connectivity index (χ4v) is 3.74. The van der Waals surface area contributed by atoms with Crippen LogP contribution >= 0.6 is 24.0 Å². The Bertz CT molecular complexity index is 728. The third-order valence-corrected chi connectivity index (χ3v) is 6.40. The summed E-state index contributed by atoms with van der Waals surface area (Å²) in [6.07, 6.45) is 0.325. The number of anilines is 1. The number of halogens is 2. The number of rotatable bonds is 6. The number of carbonyl (C=O) groups excluding carboxylic acids is 1. The molecule has 0 spiro atoms. The Hall–Kier alpha value is -0.900. The summed E-state index contributed by atoms with van der Waals surface area (Å²) in [6.45, 7) is 5.52. The zero-order valence-electron chi connectivity index (χ0n) is 15.2. The van der Waals surface area contributed by atoms with Crippen molar-refractivity contribution in [3.05, 3.63) is 23.2 Å². The van der Waals surface area contributed by atoms with Crippen LogP contribution in [0.1, 0.15) is 13.3 Å². The lowest BCUT2D eigenvalue weighted by Crippen LogP contribution is -2.50. The van der Waals surface area contributed by atoms with E-state index in [9.17, 15) is 13.2 Å². The van der Waals surface area contributed by atoms with Crippen molar-refractivity contribution >= 4 is 45.6 Å². The Balaban J connectivity index is 0.00000338. The number of sulfonamides is 1. The maximum atomic E-state index is 12.2. The van der Waals surface area contributed by atoms with Gasteiger partial charge in [0.25, 0.3) is 0 Å². The molecule has 7 nitrogen and oxygen atoms in total. The molecule has 1 fully saturated rings. The third kappa shape index (κ3) is 5.80. The smallest absolute Gasteiger partial charge is 0.242 e. The molecule has 1 saturated heterocycles. The van der Waals surface area contributed by atoms with Crippen LogP contribution in [-0.4, -0.2) is 69.8 Å². The molecule has 1 aromatic rings. The normalized spacial score (nSPS) is 18.4. The minimum atomic E-state index is -3.58. The molecule has 0 saturated carbocycles. The van der Waals surface area contributed by atoms with E-state index in [-0.39, 0.29) is 23.2 Å². The molecule has 1 aliphatic heterocycles. The number of nitrogens with one attached hydrogen (secondary N) is 2. The lowest BCUT2D eigenvalue weighted by Gasteiger charge is -2.33. The molecule has 1 amide bonds. The first-order valence-corrected chi connectivity index (χ1v) is 10.0. The molecule has 0 aromatic heterocycles. The van der Waals surface area contributed by atoms with Gasteiger partial charge in [0.1, 0.15) is 0 Å². The van der Waals surface area contributed by atoms with Crippen LogP contribution < -0.4 is 10.6 Å². The molecule has 2 rings (SSSR count). The van der Waals surface area contributed by atoms with Gasteiger partial charge in [0.05, 0.1) is 15.6 Å². The molecule has 148 valence electrons. The standard InChI is InChI=1S/C16H25ClN4O3S.ClH/c1-12-11-18-7-9-21(12)8-6-16(22)19-15-10-13(4-5-14(15)17)25(23,24)20(2)3;/h4-5,10,12,18H,6-9,11H2,1-3H3,(H,19,22);1H/t12-;/m1./s1. The van der Waals surface area contributed by atoms with Gasteiger partial charge in [0.15, 0.2) is 0 Å². The SMILES string of the molecule is C[C@@H]1CNCCN1CCC(=O)Nc1cc(S(=O)(=O)N(C)C)ccc1Cl.Cl. The number of amides is 1. The molecule has 1 aliphatic rings. The van der Waals surface area contributed by atoms with E-state index in [4.69, 9.17) is 11.6 Å². The fraction of sp³-hybridized carbons (Fsp3) is 0.562. The van der Waals surface area contributed by atoms with Crippen LogP contribution in [0, 0.1) is 0 Å². The highest BCUT2D eigenvalue weighted by atomic mass is 35.5. The highest BCUT2D eigenvalue weighted by Gasteiger charge is 2.20. The van der Waals surface area contributed by atoms with Crippen molar-refractivity contribution in [1.82, 2.24) is 14.5 Å². The predicted molar refractivity (Wildman–Crippen MR) is 107 cm³/mol. The molecule has 1 heterocycles. The molecule has 2 N–H and O–H groups in total. The fourth-order valence-electron chi connectivity index (χ4n) is 2.64. The maximum Gasteiger partial charge on any atom is 0.242 e. The van der Waals surface area contributed by atoms with Gasteiger partial charge in [-0.05, 0) is 25.1 Å². The average Bonchev–Trinajstić information content (AvgIpc) is 2.55. The van der Waals surface area contributed by atoms with Crippen LogP contribution in [0.15, 0.2) is 23.1 Å². The van der Waals surface area contributed by atoms with Crippen molar-refractivity contribution < 1.29 is 13.2 Å². The van der Waals surface area contributed by atoms with Gasteiger partial charge in [-0.25, -0.2) is 12.7 Å². The summed E-state index contributed by atoms with van der Waals surface area (Å²) in [7, 11) is -0.670. The molecule has 0 unspecified atom stereocenters. The van der Waals surface area contributed by atoms with Gasteiger partial charge in [0, 0.05) is 52.7 Å². The van der Waals surface area contributed by atoms with E-state index >= 15 is 0 Å². The second-order valence-electron chi connectivity index (χ2n) is 6.32. The molecular formula is C16H26Cl2N4O3S. The van der Waals surface area contributed by atoms with E-state index in [1.54, 1.807) is 0 Å². The zero-order valence-corrected chi connectivity index (χ0v) is 17.5. The van der Waals surface area contributed by atoms with Crippen LogP contribution in [0.25, 0.3) is 0 Å². The van der Waals surface area contributed by atoms with Gasteiger partial charge >= 0.3 is 0 Å². The number of carbonyl (C=O) groups is 1. The Morgan fingerprint density at radius 1 is 1.42 bits per heavy atom. The number of hydrogen-bond acceptors (Lipinski definition) is 5. The largest absolute Gasteiger partial charge is 0.325 e. The second kappa shape index (κ2) is 9.87. The highest BCUT2D eigenvalue weighted by molar-refractivity contribution is 7.89. The third-order valence-electron chi connectivity index (χ3n) is 4.26. The monoisotopic (exact) mass is 424 g/mol. The first-order chi connectivity index (χ1) is 11.7. The summed E-state index contributed by atoms with van der Waals surface area (Å²) >= 11 is 6.10. The van der Waals surface area contributed by atoms with Gasteiger partial charge in [0.2, 0.25) is 15.9 Å². The van der Waals surface area contributed by atoms with Crippen LogP contribution in [0.5, 0.6) is 0 Å². The highest BCUT2D eigenvalue weighted by Crippen LogP contribution is 2.26. The molecule has 10 heteroatoms. The Kier molecular flexibility index (Phi) is 8.78. The minimum Gasteiger partial charge on any atom is -0.325 e. The van der Waals surface area contributed by atoms with Crippen LogP contribution in [0.3, 0.4) is 0 Å². The number of piperazine rings is 1. The Morgan fingerprint density at radius 2 is 2.12 bits per heavy atom. The van der Waals surface area contributed by atoms with E-state index in [0.717, 1.165) is 23.9 Å². The van der Waals surface area contributed by atoms with E-state index in [1.807, 2.05) is 0 Å². The molecule has 0 radical (unpaired) electrons. The van der Waals surface area contributed by atoms with E-state index in [2.05, 4.69) is 22.5 Å². The van der Waals surface area contributed by atoms with Gasteiger partial charge in [-0.15, -0.1) is 12.4 Å². The lowest BCUT2D eigenvalue weighted by molar-refractivity contribution is -0.116. The molecule has 26 heavy (non-hydrogen) atoms. The summed E-state index contributed by atoms with van der Waals surface area (Å²) in [4.78, 5) is 14.6. The number of benzene rings is 1. The Morgan fingerprint density at radius 3 is 2.73 bits per heavy atom. The number of hydrogen-bond donors (Lipinski definition) is 2. The van der Waals surface area contributed by atoms with Crippen LogP contribution in [-0.2, 0) is 14.8 Å². The van der Waals surface area contributed by atoms with Gasteiger partial charge in [-0.2, -0.15) is 0 Å². The number of nitrogens with zero attached hydrogens (tertiary/aromatic N) is 2. The van der Waals surface area contributed by atoms with Gasteiger partial charge in [-0.1, -0.05) is 11.6 Å². The van der Waals surface area contributed by atoms with Crippen molar-refractivity contribution in [2.75, 3.05) is 45.6 Å². The predicted octanol–water partition coefficient (Wildman–Crippen LogP) is 1.63. The summed E-state index contributed by atoms with van der Waals surface area (Å²) in [6, 6.07) is 4.68. The summed E-state index contributed by atoms with van der Waals surface area (Å²) < 4.78 is 25.5. The van der Waals surface area contributed by atoms with E-state index in [0.29, 0.717) is 29.7 Å². The van der Waals surface area contributed by atoms with Crippen molar-refractivity contribution in [2.24, 2.45) is 0 Å². The molecular weight excluding hydrogens is 399 g/mol. The minimum absolute atomic E-state index is 0. The van der Waals surface area contributed by atoms with Crippen LogP contribution in [0.4, 0.5) is 5.69 Å². The molecule has 1 atom stereocenters. The van der Waals surface area contributed by atoms with E-state index in [1.165, 1.54) is 32.3 Å². The van der Waals surface area contributed by atoms with Gasteiger partial charge in [-0.3, -0.25) is 9.69 Å². The quantitative estimate of drug-likeness (QED) is 0.724. The zero-order chi connectivity index (χ0) is 18.6. The topological polar surface area (TPSA) is 81.8 Å². The summed E-state index contributed by atoms with van der Waals surface area (Å²) in [5.41, 5.74) is 0.308. The van der Waals surface area contributed by atoms with Crippen molar-refractivity contribution in [1.29, 1.82) is 0 Å². The first kappa shape index (κ1) is 23.1. The van der Waals surface area contributed by atoms with Gasteiger partial charge < -0.3 is 10.6 Å². The second-order valence-corrected chi connectivity index (χ2v) is 8.88. The van der Waals surface area contributed by atoms with Crippen molar-refractivity contribution in [3.63, 3.8) is 0 Å². The average molecular weight is 425 g/mol. The molecule has 1 aromatic carbocycles. The molecule has 0 bridgehead atoms. The summed E-state index contributed by atoms with van der Waals surface area (Å²) in [5.74, 6) is -0.188. The first-order valence-electron chi connectivity index (χ1n) is 8.18. The van der Waals surface area contributed by atoms with Crippen molar-refractivity contribution in [2.45, 2.75) is 24.3 Å². The maximum absolute atomic E-state index is 12.2. The van der Waals surface area contributed by atoms with E-state index < -0.39 is 10.0 Å². The Labute approximate surface area is 166 Å². The lowest BCUT2D eigenvalue weighted by atomic mass is 10.2. The molecule has 0 aliphatic carbocycles.